The van der Waals surface area contributed by atoms with E-state index >= 15 is 0 Å². The summed E-state index contributed by atoms with van der Waals surface area (Å²) < 4.78 is 12.4. The van der Waals surface area contributed by atoms with Gasteiger partial charge in [0.15, 0.2) is 0 Å². The molecule has 0 saturated carbocycles. The van der Waals surface area contributed by atoms with Crippen molar-refractivity contribution in [1.82, 2.24) is 5.32 Å². The van der Waals surface area contributed by atoms with Crippen molar-refractivity contribution in [3.8, 4) is 0 Å². The zero-order valence-electron chi connectivity index (χ0n) is 10.7. The molecule has 1 N–H and O–H groups in total. The molecular weight excluding hydrogens is 234 g/mol. The van der Waals surface area contributed by atoms with Crippen molar-refractivity contribution < 1.29 is 9.47 Å². The van der Waals surface area contributed by atoms with Gasteiger partial charge in [0.05, 0.1) is 17.3 Å². The van der Waals surface area contributed by atoms with Crippen LogP contribution >= 0.6 is 11.8 Å². The second kappa shape index (κ2) is 4.72. The SMILES string of the molecule is CC1(OC2CCOC3(CCSCC3)C2)CNC1. The van der Waals surface area contributed by atoms with E-state index in [2.05, 4.69) is 24.0 Å². The number of thioether (sulfide) groups is 1. The second-order valence-electron chi connectivity index (χ2n) is 5.93. The van der Waals surface area contributed by atoms with Gasteiger partial charge in [0.1, 0.15) is 0 Å². The molecule has 3 saturated heterocycles. The zero-order valence-corrected chi connectivity index (χ0v) is 11.5. The Bertz CT molecular complexity index is 269. The number of ether oxygens (including phenoxy) is 2. The minimum atomic E-state index is 0.0899. The number of hydrogen-bond acceptors (Lipinski definition) is 4. The third kappa shape index (κ3) is 2.65. The third-order valence-corrected chi connectivity index (χ3v) is 5.29. The molecule has 0 aromatic rings. The Morgan fingerprint density at radius 3 is 2.71 bits per heavy atom. The zero-order chi connectivity index (χ0) is 11.8. The van der Waals surface area contributed by atoms with Crippen LogP contribution in [0.25, 0.3) is 0 Å². The van der Waals surface area contributed by atoms with Crippen molar-refractivity contribution in [2.75, 3.05) is 31.2 Å². The Kier molecular flexibility index (Phi) is 3.41. The monoisotopic (exact) mass is 257 g/mol. The average molecular weight is 257 g/mol. The topological polar surface area (TPSA) is 30.5 Å². The summed E-state index contributed by atoms with van der Waals surface area (Å²) >= 11 is 2.06. The molecule has 3 aliphatic heterocycles. The summed E-state index contributed by atoms with van der Waals surface area (Å²) in [5.41, 5.74) is 0.244. The van der Waals surface area contributed by atoms with Gasteiger partial charge in [-0.25, -0.2) is 0 Å². The molecule has 3 heterocycles. The summed E-state index contributed by atoms with van der Waals surface area (Å²) in [5, 5.41) is 3.30. The van der Waals surface area contributed by atoms with Crippen LogP contribution in [0.5, 0.6) is 0 Å². The first-order valence-electron chi connectivity index (χ1n) is 6.80. The lowest BCUT2D eigenvalue weighted by atomic mass is 9.86. The largest absolute Gasteiger partial charge is 0.375 e. The van der Waals surface area contributed by atoms with Crippen molar-refractivity contribution in [3.63, 3.8) is 0 Å². The van der Waals surface area contributed by atoms with E-state index in [0.717, 1.165) is 32.5 Å². The molecule has 17 heavy (non-hydrogen) atoms. The first-order valence-corrected chi connectivity index (χ1v) is 7.96. The van der Waals surface area contributed by atoms with Gasteiger partial charge in [-0.05, 0) is 37.7 Å². The minimum absolute atomic E-state index is 0.0899. The van der Waals surface area contributed by atoms with Gasteiger partial charge in [-0.2, -0.15) is 11.8 Å². The molecule has 3 aliphatic rings. The Morgan fingerprint density at radius 1 is 1.29 bits per heavy atom. The predicted molar refractivity (Wildman–Crippen MR) is 70.6 cm³/mol. The van der Waals surface area contributed by atoms with E-state index < -0.39 is 0 Å². The summed E-state index contributed by atoms with van der Waals surface area (Å²) in [6.07, 6.45) is 5.03. The van der Waals surface area contributed by atoms with Gasteiger partial charge in [0, 0.05) is 26.1 Å². The number of hydrogen-bond donors (Lipinski definition) is 1. The van der Waals surface area contributed by atoms with Crippen LogP contribution in [-0.2, 0) is 9.47 Å². The molecule has 98 valence electrons. The van der Waals surface area contributed by atoms with Crippen molar-refractivity contribution in [1.29, 1.82) is 0 Å². The molecule has 0 aromatic carbocycles. The molecule has 1 atom stereocenters. The molecule has 0 bridgehead atoms. The van der Waals surface area contributed by atoms with E-state index in [0.29, 0.717) is 6.10 Å². The Balaban J connectivity index is 1.59. The van der Waals surface area contributed by atoms with Gasteiger partial charge in [-0.3, -0.25) is 0 Å². The van der Waals surface area contributed by atoms with Gasteiger partial charge < -0.3 is 14.8 Å². The molecule has 4 heteroatoms. The van der Waals surface area contributed by atoms with Gasteiger partial charge in [0.25, 0.3) is 0 Å². The average Bonchev–Trinajstić information content (AvgIpc) is 2.28. The van der Waals surface area contributed by atoms with Crippen molar-refractivity contribution in [2.45, 2.75) is 49.9 Å². The van der Waals surface area contributed by atoms with Crippen LogP contribution in [0.1, 0.15) is 32.6 Å². The quantitative estimate of drug-likeness (QED) is 0.817. The molecule has 1 spiro atoms. The van der Waals surface area contributed by atoms with Crippen LogP contribution in [0.3, 0.4) is 0 Å². The van der Waals surface area contributed by atoms with Gasteiger partial charge in [-0.15, -0.1) is 0 Å². The van der Waals surface area contributed by atoms with Crippen LogP contribution in [0.15, 0.2) is 0 Å². The summed E-state index contributed by atoms with van der Waals surface area (Å²) in [6.45, 7) is 5.13. The van der Waals surface area contributed by atoms with E-state index in [9.17, 15) is 0 Å². The number of rotatable bonds is 2. The third-order valence-electron chi connectivity index (χ3n) is 4.30. The molecule has 3 rings (SSSR count). The van der Waals surface area contributed by atoms with Gasteiger partial charge >= 0.3 is 0 Å². The Morgan fingerprint density at radius 2 is 2.06 bits per heavy atom. The Labute approximate surface area is 108 Å². The predicted octanol–water partition coefficient (Wildman–Crippen LogP) is 1.81. The van der Waals surface area contributed by atoms with E-state index in [-0.39, 0.29) is 11.2 Å². The molecule has 0 amide bonds. The molecule has 0 aliphatic carbocycles. The van der Waals surface area contributed by atoms with Gasteiger partial charge in [0.2, 0.25) is 0 Å². The van der Waals surface area contributed by atoms with E-state index in [4.69, 9.17) is 9.47 Å². The van der Waals surface area contributed by atoms with E-state index in [1.165, 1.54) is 24.3 Å². The van der Waals surface area contributed by atoms with Crippen LogP contribution in [0, 0.1) is 0 Å². The lowest BCUT2D eigenvalue weighted by Crippen LogP contribution is -2.61. The molecular formula is C13H23NO2S. The normalized spacial score (nSPS) is 35.5. The lowest BCUT2D eigenvalue weighted by molar-refractivity contribution is -0.183. The maximum atomic E-state index is 6.29. The van der Waals surface area contributed by atoms with Crippen LogP contribution in [0.4, 0.5) is 0 Å². The summed E-state index contributed by atoms with van der Waals surface area (Å²) in [5.74, 6) is 2.51. The highest BCUT2D eigenvalue weighted by Gasteiger charge is 2.42. The highest BCUT2D eigenvalue weighted by Crippen LogP contribution is 2.39. The second-order valence-corrected chi connectivity index (χ2v) is 7.15. The first-order chi connectivity index (χ1) is 8.20. The standard InChI is InChI=1S/C13H23NO2S/c1-12(9-14-10-12)16-11-2-5-15-13(8-11)3-6-17-7-4-13/h11,14H,2-10H2,1H3. The van der Waals surface area contributed by atoms with Gasteiger partial charge in [-0.1, -0.05) is 0 Å². The van der Waals surface area contributed by atoms with E-state index in [1.54, 1.807) is 0 Å². The van der Waals surface area contributed by atoms with Crippen LogP contribution in [-0.4, -0.2) is 48.5 Å². The van der Waals surface area contributed by atoms with Crippen molar-refractivity contribution in [3.05, 3.63) is 0 Å². The Hall–Kier alpha value is 0.230. The maximum absolute atomic E-state index is 6.29. The fourth-order valence-electron chi connectivity index (χ4n) is 3.14. The molecule has 0 radical (unpaired) electrons. The minimum Gasteiger partial charge on any atom is -0.375 e. The summed E-state index contributed by atoms with van der Waals surface area (Å²) in [6, 6.07) is 0. The maximum Gasteiger partial charge on any atom is 0.0905 e. The molecule has 3 nitrogen and oxygen atoms in total. The summed E-state index contributed by atoms with van der Waals surface area (Å²) in [7, 11) is 0. The lowest BCUT2D eigenvalue weighted by Gasteiger charge is -2.47. The van der Waals surface area contributed by atoms with E-state index in [1.807, 2.05) is 0 Å². The highest BCUT2D eigenvalue weighted by atomic mass is 32.2. The first kappa shape index (κ1) is 12.3. The summed E-state index contributed by atoms with van der Waals surface area (Å²) in [4.78, 5) is 0. The fourth-order valence-corrected chi connectivity index (χ4v) is 4.37. The van der Waals surface area contributed by atoms with Crippen LogP contribution < -0.4 is 5.32 Å². The molecule has 1 unspecified atom stereocenters. The van der Waals surface area contributed by atoms with Crippen molar-refractivity contribution in [2.24, 2.45) is 0 Å². The van der Waals surface area contributed by atoms with Crippen LogP contribution in [0.2, 0.25) is 0 Å². The van der Waals surface area contributed by atoms with Crippen molar-refractivity contribution >= 4 is 11.8 Å². The highest BCUT2D eigenvalue weighted by molar-refractivity contribution is 7.99. The molecule has 0 aromatic heterocycles. The smallest absolute Gasteiger partial charge is 0.0905 e. The molecule has 3 fully saturated rings. The number of nitrogens with one attached hydrogen (secondary N) is 1. The fraction of sp³-hybridized carbons (Fsp3) is 1.00.